The molecule has 0 aliphatic carbocycles. The standard InChI is InChI=1S/C26H28Cl2N4O3S2/c1-37-25(36)32-12-10-31(11-13-32)20-3-5-21(6-4-20)33-15-22-16-34-26(35-22,17-30-9-8-29-18-30)23-7-2-19(27)14-24(23)28/h2-9,14,18,22H,10-13,15-17H2,1H3/t22-,26-/m1/s1. The normalized spacial score (nSPS) is 21.9. The quantitative estimate of drug-likeness (QED) is 0.350. The molecule has 0 bridgehead atoms. The second-order valence-corrected chi connectivity index (χ2v) is 11.2. The van der Waals surface area contributed by atoms with E-state index in [0.717, 1.165) is 41.8 Å². The highest BCUT2D eigenvalue weighted by molar-refractivity contribution is 8.22. The summed E-state index contributed by atoms with van der Waals surface area (Å²) in [6, 6.07) is 13.5. The lowest BCUT2D eigenvalue weighted by molar-refractivity contribution is -0.189. The summed E-state index contributed by atoms with van der Waals surface area (Å²) in [5.41, 5.74) is 1.90. The van der Waals surface area contributed by atoms with Gasteiger partial charge in [-0.3, -0.25) is 0 Å². The number of thiocarbonyl (C=S) groups is 1. The Morgan fingerprint density at radius 1 is 1.16 bits per heavy atom. The number of hydrogen-bond acceptors (Lipinski definition) is 7. The molecule has 3 heterocycles. The van der Waals surface area contributed by atoms with Crippen molar-refractivity contribution in [2.24, 2.45) is 0 Å². The molecule has 0 unspecified atom stereocenters. The van der Waals surface area contributed by atoms with Gasteiger partial charge in [-0.05, 0) is 42.7 Å². The van der Waals surface area contributed by atoms with E-state index in [2.05, 4.69) is 26.9 Å². The van der Waals surface area contributed by atoms with Gasteiger partial charge >= 0.3 is 0 Å². The molecule has 0 N–H and O–H groups in total. The summed E-state index contributed by atoms with van der Waals surface area (Å²) in [7, 11) is 0. The summed E-state index contributed by atoms with van der Waals surface area (Å²) in [6.07, 6.45) is 7.06. The van der Waals surface area contributed by atoms with Crippen LogP contribution in [0.15, 0.2) is 61.2 Å². The Balaban J connectivity index is 1.20. The third-order valence-electron chi connectivity index (χ3n) is 6.50. The highest BCUT2D eigenvalue weighted by Crippen LogP contribution is 2.40. The predicted octanol–water partition coefficient (Wildman–Crippen LogP) is 5.31. The van der Waals surface area contributed by atoms with E-state index >= 15 is 0 Å². The lowest BCUT2D eigenvalue weighted by atomic mass is 10.1. The molecule has 2 atom stereocenters. The van der Waals surface area contributed by atoms with Gasteiger partial charge in [0.05, 0.1) is 24.5 Å². The lowest BCUT2D eigenvalue weighted by Crippen LogP contribution is -2.47. The Morgan fingerprint density at radius 2 is 1.95 bits per heavy atom. The molecule has 0 spiro atoms. The van der Waals surface area contributed by atoms with Crippen LogP contribution in [0.25, 0.3) is 0 Å². The number of hydrogen-bond donors (Lipinski definition) is 0. The van der Waals surface area contributed by atoms with Crippen molar-refractivity contribution in [1.82, 2.24) is 14.5 Å². The summed E-state index contributed by atoms with van der Waals surface area (Å²) in [5.74, 6) is -0.285. The molecule has 2 aliphatic rings. The minimum atomic E-state index is -1.07. The number of rotatable bonds is 7. The first-order valence-corrected chi connectivity index (χ1v) is 14.4. The van der Waals surface area contributed by atoms with Crippen LogP contribution in [0.1, 0.15) is 5.56 Å². The SMILES string of the molecule is CSC(=S)N1CCN(c2ccc(OC[C@@H]3CO[C@@](Cn4ccnc4)(c4ccc(Cl)cc4Cl)O3)cc2)CC1. The largest absolute Gasteiger partial charge is 0.491 e. The van der Waals surface area contributed by atoms with Gasteiger partial charge in [0, 0.05) is 54.8 Å². The molecule has 2 aliphatic heterocycles. The van der Waals surface area contributed by atoms with Gasteiger partial charge in [-0.25, -0.2) is 4.98 Å². The van der Waals surface area contributed by atoms with Crippen molar-refractivity contribution in [2.75, 3.05) is 50.5 Å². The van der Waals surface area contributed by atoms with Crippen LogP contribution in [0.5, 0.6) is 5.75 Å². The maximum atomic E-state index is 6.55. The molecule has 2 fully saturated rings. The van der Waals surface area contributed by atoms with Crippen molar-refractivity contribution in [3.8, 4) is 5.75 Å². The van der Waals surface area contributed by atoms with Gasteiger partial charge in [-0.15, -0.1) is 11.8 Å². The number of piperazine rings is 1. The van der Waals surface area contributed by atoms with Crippen LogP contribution >= 0.6 is 47.2 Å². The number of ether oxygens (including phenoxy) is 3. The third-order valence-corrected chi connectivity index (χ3v) is 8.41. The van der Waals surface area contributed by atoms with Gasteiger partial charge in [0.1, 0.15) is 22.8 Å². The monoisotopic (exact) mass is 578 g/mol. The molecule has 2 saturated heterocycles. The van der Waals surface area contributed by atoms with Crippen molar-refractivity contribution < 1.29 is 14.2 Å². The number of imidazole rings is 1. The lowest BCUT2D eigenvalue weighted by Gasteiger charge is -2.37. The molecule has 2 aromatic carbocycles. The number of benzene rings is 2. The van der Waals surface area contributed by atoms with E-state index in [0.29, 0.717) is 29.8 Å². The van der Waals surface area contributed by atoms with E-state index in [4.69, 9.17) is 49.6 Å². The molecule has 196 valence electrons. The minimum Gasteiger partial charge on any atom is -0.491 e. The summed E-state index contributed by atoms with van der Waals surface area (Å²) >= 11 is 19.7. The van der Waals surface area contributed by atoms with Gasteiger partial charge in [0.15, 0.2) is 0 Å². The average Bonchev–Trinajstić information content (AvgIpc) is 3.58. The topological polar surface area (TPSA) is 52.0 Å². The first-order chi connectivity index (χ1) is 18.0. The number of aromatic nitrogens is 2. The van der Waals surface area contributed by atoms with E-state index < -0.39 is 5.79 Å². The fraction of sp³-hybridized carbons (Fsp3) is 0.385. The fourth-order valence-corrected chi connectivity index (χ4v) is 5.77. The van der Waals surface area contributed by atoms with E-state index in [1.807, 2.05) is 35.2 Å². The van der Waals surface area contributed by atoms with E-state index in [1.54, 1.807) is 36.4 Å². The molecular weight excluding hydrogens is 551 g/mol. The van der Waals surface area contributed by atoms with Crippen LogP contribution in [-0.2, 0) is 21.8 Å². The van der Waals surface area contributed by atoms with Crippen molar-refractivity contribution in [3.63, 3.8) is 0 Å². The Bertz CT molecular complexity index is 1210. The average molecular weight is 580 g/mol. The van der Waals surface area contributed by atoms with Crippen LogP contribution in [0.3, 0.4) is 0 Å². The summed E-state index contributed by atoms with van der Waals surface area (Å²) in [4.78, 5) is 8.78. The van der Waals surface area contributed by atoms with Crippen LogP contribution < -0.4 is 9.64 Å². The number of thioether (sulfide) groups is 1. The number of nitrogens with zero attached hydrogens (tertiary/aromatic N) is 4. The maximum absolute atomic E-state index is 6.55. The highest BCUT2D eigenvalue weighted by atomic mass is 35.5. The Labute approximate surface area is 236 Å². The van der Waals surface area contributed by atoms with Gasteiger partial charge in [0.2, 0.25) is 5.79 Å². The van der Waals surface area contributed by atoms with Crippen LogP contribution in [0.2, 0.25) is 10.0 Å². The highest BCUT2D eigenvalue weighted by Gasteiger charge is 2.45. The minimum absolute atomic E-state index is 0.275. The third kappa shape index (κ3) is 6.19. The Kier molecular flexibility index (Phi) is 8.48. The van der Waals surface area contributed by atoms with Crippen molar-refractivity contribution in [2.45, 2.75) is 18.4 Å². The van der Waals surface area contributed by atoms with Crippen LogP contribution in [0.4, 0.5) is 5.69 Å². The second kappa shape index (κ2) is 11.8. The van der Waals surface area contributed by atoms with Crippen LogP contribution in [-0.4, -0.2) is 70.5 Å². The maximum Gasteiger partial charge on any atom is 0.215 e. The van der Waals surface area contributed by atoms with Gasteiger partial charge in [-0.1, -0.05) is 41.5 Å². The van der Waals surface area contributed by atoms with E-state index in [9.17, 15) is 0 Å². The first-order valence-electron chi connectivity index (χ1n) is 12.0. The number of halogens is 2. The Morgan fingerprint density at radius 3 is 2.62 bits per heavy atom. The van der Waals surface area contributed by atoms with Gasteiger partial charge in [-0.2, -0.15) is 0 Å². The molecule has 0 radical (unpaired) electrons. The van der Waals surface area contributed by atoms with Crippen molar-refractivity contribution >= 4 is 57.2 Å². The molecule has 0 amide bonds. The zero-order chi connectivity index (χ0) is 25.8. The van der Waals surface area contributed by atoms with E-state index in [-0.39, 0.29) is 6.10 Å². The molecule has 5 rings (SSSR count). The predicted molar refractivity (Wildman–Crippen MR) is 153 cm³/mol. The molecule has 0 saturated carbocycles. The number of anilines is 1. The van der Waals surface area contributed by atoms with Crippen molar-refractivity contribution in [1.29, 1.82) is 0 Å². The first kappa shape index (κ1) is 26.6. The summed E-state index contributed by atoms with van der Waals surface area (Å²) in [6.45, 7) is 4.88. The van der Waals surface area contributed by atoms with E-state index in [1.165, 1.54) is 5.69 Å². The van der Waals surface area contributed by atoms with Crippen LogP contribution in [0, 0.1) is 0 Å². The smallest absolute Gasteiger partial charge is 0.215 e. The zero-order valence-corrected chi connectivity index (χ0v) is 23.5. The van der Waals surface area contributed by atoms with Crippen molar-refractivity contribution in [3.05, 3.63) is 76.8 Å². The molecule has 3 aromatic rings. The Hall–Kier alpha value is -2.01. The molecule has 37 heavy (non-hydrogen) atoms. The fourth-order valence-electron chi connectivity index (χ4n) is 4.59. The molecular formula is C26H28Cl2N4O3S2. The molecule has 1 aromatic heterocycles. The summed E-state index contributed by atoms with van der Waals surface area (Å²) in [5, 5.41) is 1.04. The van der Waals surface area contributed by atoms with Gasteiger partial charge < -0.3 is 28.6 Å². The second-order valence-electron chi connectivity index (χ2n) is 8.91. The van der Waals surface area contributed by atoms with Gasteiger partial charge in [0.25, 0.3) is 0 Å². The summed E-state index contributed by atoms with van der Waals surface area (Å²) < 4.78 is 21.7. The zero-order valence-electron chi connectivity index (χ0n) is 20.4. The molecule has 7 nitrogen and oxygen atoms in total. The molecule has 11 heteroatoms.